The summed E-state index contributed by atoms with van der Waals surface area (Å²) < 4.78 is 31.4. The lowest BCUT2D eigenvalue weighted by atomic mass is 10.00. The first-order chi connectivity index (χ1) is 13.3. The zero-order chi connectivity index (χ0) is 20.2. The number of aryl methyl sites for hydroxylation is 2. The van der Waals surface area contributed by atoms with Crippen molar-refractivity contribution in [3.63, 3.8) is 0 Å². The number of aromatic nitrogens is 3. The summed E-state index contributed by atoms with van der Waals surface area (Å²) in [6.07, 6.45) is 1.92. The first kappa shape index (κ1) is 18.8. The van der Waals surface area contributed by atoms with Crippen LogP contribution in [-0.4, -0.2) is 26.6 Å². The van der Waals surface area contributed by atoms with Gasteiger partial charge in [-0.05, 0) is 61.9 Å². The third-order valence-electron chi connectivity index (χ3n) is 5.36. The van der Waals surface area contributed by atoms with Gasteiger partial charge in [0.25, 0.3) is 0 Å². The van der Waals surface area contributed by atoms with Gasteiger partial charge in [0, 0.05) is 12.4 Å². The molecular weight excluding hydrogens is 386 g/mol. The molecule has 5 nitrogen and oxygen atoms in total. The second-order valence-corrected chi connectivity index (χ2v) is 7.29. The molecule has 0 saturated carbocycles. The number of fused-ring (bicyclic) bond motifs is 2. The highest BCUT2D eigenvalue weighted by Gasteiger charge is 2.31. The fourth-order valence-corrected chi connectivity index (χ4v) is 4.17. The summed E-state index contributed by atoms with van der Waals surface area (Å²) in [6, 6.07) is 3.37. The average Bonchev–Trinajstić information content (AvgIpc) is 3.28. The zero-order valence-electron chi connectivity index (χ0n) is 15.8. The first-order valence-electron chi connectivity index (χ1n) is 9.03. The SMILES string of the molecule is Cc1c2c(c(F)c(F)c1N(C(=O)CCl)c1ccc3c(C)nn(C)c3n1)CCC2. The summed E-state index contributed by atoms with van der Waals surface area (Å²) in [5.41, 5.74) is 2.93. The van der Waals surface area contributed by atoms with Crippen LogP contribution in [0.25, 0.3) is 11.0 Å². The summed E-state index contributed by atoms with van der Waals surface area (Å²) in [5.74, 6) is -2.72. The van der Waals surface area contributed by atoms with Crippen LogP contribution in [0.2, 0.25) is 0 Å². The van der Waals surface area contributed by atoms with Gasteiger partial charge < -0.3 is 0 Å². The van der Waals surface area contributed by atoms with E-state index in [4.69, 9.17) is 11.6 Å². The summed E-state index contributed by atoms with van der Waals surface area (Å²) in [5, 5.41) is 5.14. The number of hydrogen-bond acceptors (Lipinski definition) is 3. The van der Waals surface area contributed by atoms with Crippen LogP contribution in [-0.2, 0) is 24.7 Å². The second-order valence-electron chi connectivity index (χ2n) is 7.02. The smallest absolute Gasteiger partial charge is 0.247 e. The quantitative estimate of drug-likeness (QED) is 0.613. The highest BCUT2D eigenvalue weighted by atomic mass is 35.5. The molecule has 28 heavy (non-hydrogen) atoms. The van der Waals surface area contributed by atoms with Gasteiger partial charge in [-0.15, -0.1) is 11.6 Å². The lowest BCUT2D eigenvalue weighted by Gasteiger charge is -2.25. The van der Waals surface area contributed by atoms with Crippen molar-refractivity contribution < 1.29 is 13.6 Å². The number of carbonyl (C=O) groups excluding carboxylic acids is 1. The van der Waals surface area contributed by atoms with E-state index < -0.39 is 17.5 Å². The number of benzene rings is 1. The molecule has 146 valence electrons. The van der Waals surface area contributed by atoms with E-state index in [0.29, 0.717) is 29.6 Å². The van der Waals surface area contributed by atoms with Crippen molar-refractivity contribution in [1.29, 1.82) is 0 Å². The minimum Gasteiger partial charge on any atom is -0.273 e. The normalized spacial score (nSPS) is 13.2. The van der Waals surface area contributed by atoms with Crippen LogP contribution in [0, 0.1) is 25.5 Å². The summed E-state index contributed by atoms with van der Waals surface area (Å²) >= 11 is 5.81. The van der Waals surface area contributed by atoms with Crippen LogP contribution in [0.3, 0.4) is 0 Å². The molecule has 2 aromatic heterocycles. The van der Waals surface area contributed by atoms with Crippen LogP contribution in [0.5, 0.6) is 0 Å². The highest BCUT2D eigenvalue weighted by molar-refractivity contribution is 6.30. The van der Waals surface area contributed by atoms with Crippen LogP contribution in [0.4, 0.5) is 20.3 Å². The van der Waals surface area contributed by atoms with E-state index in [1.54, 1.807) is 30.8 Å². The topological polar surface area (TPSA) is 51.0 Å². The van der Waals surface area contributed by atoms with Crippen molar-refractivity contribution in [1.82, 2.24) is 14.8 Å². The molecule has 0 saturated heterocycles. The van der Waals surface area contributed by atoms with Gasteiger partial charge >= 0.3 is 0 Å². The van der Waals surface area contributed by atoms with E-state index in [1.807, 2.05) is 6.92 Å². The lowest BCUT2D eigenvalue weighted by molar-refractivity contribution is -0.115. The monoisotopic (exact) mass is 404 g/mol. The molecule has 1 aliphatic rings. The average molecular weight is 405 g/mol. The van der Waals surface area contributed by atoms with E-state index in [9.17, 15) is 9.18 Å². The van der Waals surface area contributed by atoms with E-state index >= 15 is 4.39 Å². The van der Waals surface area contributed by atoms with Crippen LogP contribution in [0.1, 0.15) is 28.8 Å². The Hall–Kier alpha value is -2.54. The number of alkyl halides is 1. The third-order valence-corrected chi connectivity index (χ3v) is 5.59. The molecule has 0 unspecified atom stereocenters. The second kappa shape index (κ2) is 6.81. The van der Waals surface area contributed by atoms with E-state index in [2.05, 4.69) is 10.1 Å². The van der Waals surface area contributed by atoms with Crippen molar-refractivity contribution in [3.05, 3.63) is 46.2 Å². The minimum absolute atomic E-state index is 0.116. The number of rotatable bonds is 3. The third kappa shape index (κ3) is 2.68. The van der Waals surface area contributed by atoms with Crippen molar-refractivity contribution in [2.75, 3.05) is 10.8 Å². The molecule has 4 rings (SSSR count). The van der Waals surface area contributed by atoms with E-state index in [-0.39, 0.29) is 17.4 Å². The summed E-state index contributed by atoms with van der Waals surface area (Å²) in [7, 11) is 1.74. The number of carbonyl (C=O) groups is 1. The van der Waals surface area contributed by atoms with E-state index in [0.717, 1.165) is 28.0 Å². The fourth-order valence-electron chi connectivity index (χ4n) is 4.05. The Morgan fingerprint density at radius 1 is 1.21 bits per heavy atom. The Morgan fingerprint density at radius 3 is 2.64 bits per heavy atom. The predicted octanol–water partition coefficient (Wildman–Crippen LogP) is 4.26. The van der Waals surface area contributed by atoms with Crippen LogP contribution >= 0.6 is 11.6 Å². The molecule has 1 aromatic carbocycles. The summed E-state index contributed by atoms with van der Waals surface area (Å²) in [4.78, 5) is 18.3. The molecule has 3 aromatic rings. The van der Waals surface area contributed by atoms with Crippen molar-refractivity contribution in [3.8, 4) is 0 Å². The largest absolute Gasteiger partial charge is 0.273 e. The molecule has 1 amide bonds. The molecule has 1 aliphatic carbocycles. The number of hydrogen-bond donors (Lipinski definition) is 0. The maximum absolute atomic E-state index is 15.1. The van der Waals surface area contributed by atoms with Crippen molar-refractivity contribution >= 4 is 40.0 Å². The van der Waals surface area contributed by atoms with Crippen LogP contribution < -0.4 is 4.90 Å². The first-order valence-corrected chi connectivity index (χ1v) is 9.57. The summed E-state index contributed by atoms with van der Waals surface area (Å²) in [6.45, 7) is 3.56. The van der Waals surface area contributed by atoms with Gasteiger partial charge in [0.1, 0.15) is 11.7 Å². The Kier molecular flexibility index (Phi) is 4.57. The standard InChI is InChI=1S/C20H19ClF2N4O/c1-10-12-5-4-6-14(12)17(22)18(23)19(10)27(16(28)9-21)15-8-7-13-11(2)25-26(3)20(13)24-15/h7-8H,4-6,9H2,1-3H3. The molecule has 0 spiro atoms. The zero-order valence-corrected chi connectivity index (χ0v) is 16.6. The molecule has 8 heteroatoms. The molecular formula is C20H19ClF2N4O. The highest BCUT2D eigenvalue weighted by Crippen LogP contribution is 2.39. The van der Waals surface area contributed by atoms with Gasteiger partial charge in [0.05, 0.1) is 11.4 Å². The fraction of sp³-hybridized carbons (Fsp3) is 0.350. The van der Waals surface area contributed by atoms with Crippen molar-refractivity contribution in [2.24, 2.45) is 7.05 Å². The van der Waals surface area contributed by atoms with Gasteiger partial charge in [-0.2, -0.15) is 5.10 Å². The van der Waals surface area contributed by atoms with E-state index in [1.165, 1.54) is 0 Å². The molecule has 2 heterocycles. The maximum atomic E-state index is 15.1. The number of nitrogens with zero attached hydrogens (tertiary/aromatic N) is 4. The maximum Gasteiger partial charge on any atom is 0.247 e. The Labute approximate surface area is 165 Å². The van der Waals surface area contributed by atoms with Gasteiger partial charge in [0.15, 0.2) is 17.3 Å². The number of amides is 1. The minimum atomic E-state index is -1.04. The molecule has 0 bridgehead atoms. The van der Waals surface area contributed by atoms with Gasteiger partial charge in [-0.1, -0.05) is 0 Å². The number of anilines is 2. The van der Waals surface area contributed by atoms with Crippen LogP contribution in [0.15, 0.2) is 12.1 Å². The number of halogens is 3. The Balaban J connectivity index is 1.98. The Bertz CT molecular complexity index is 1130. The van der Waals surface area contributed by atoms with Crippen molar-refractivity contribution in [2.45, 2.75) is 33.1 Å². The van der Waals surface area contributed by atoms with Gasteiger partial charge in [-0.25, -0.2) is 13.8 Å². The molecule has 0 radical (unpaired) electrons. The molecule has 0 atom stereocenters. The van der Waals surface area contributed by atoms with Gasteiger partial charge in [-0.3, -0.25) is 14.4 Å². The Morgan fingerprint density at radius 2 is 1.93 bits per heavy atom. The molecule has 0 fully saturated rings. The predicted molar refractivity (Wildman–Crippen MR) is 104 cm³/mol. The van der Waals surface area contributed by atoms with Gasteiger partial charge in [0.2, 0.25) is 5.91 Å². The number of pyridine rings is 1. The molecule has 0 aliphatic heterocycles. The lowest BCUT2D eigenvalue weighted by Crippen LogP contribution is -2.30. The molecule has 0 N–H and O–H groups in total.